The highest BCUT2D eigenvalue weighted by Crippen LogP contribution is 2.38. The van der Waals surface area contributed by atoms with Gasteiger partial charge in [-0.2, -0.15) is 0 Å². The van der Waals surface area contributed by atoms with E-state index >= 15 is 0 Å². The van der Waals surface area contributed by atoms with Crippen molar-refractivity contribution in [3.05, 3.63) is 41.7 Å². The van der Waals surface area contributed by atoms with E-state index in [1.165, 1.54) is 12.8 Å². The third-order valence-electron chi connectivity index (χ3n) is 3.11. The lowest BCUT2D eigenvalue weighted by molar-refractivity contribution is 0.627. The van der Waals surface area contributed by atoms with E-state index in [1.807, 2.05) is 30.3 Å². The van der Waals surface area contributed by atoms with Gasteiger partial charge in [-0.3, -0.25) is 0 Å². The number of hydrogen-bond acceptors (Lipinski definition) is 4. The van der Waals surface area contributed by atoms with Crippen molar-refractivity contribution in [2.45, 2.75) is 30.6 Å². The average molecular weight is 284 g/mol. The van der Waals surface area contributed by atoms with Crippen LogP contribution in [0.25, 0.3) is 0 Å². The lowest BCUT2D eigenvalue weighted by Crippen LogP contribution is -2.08. The highest BCUT2D eigenvalue weighted by Gasteiger charge is 2.28. The molecule has 0 unspecified atom stereocenters. The second-order valence-electron chi connectivity index (χ2n) is 4.66. The molecule has 3 rings (SSSR count). The number of nitrogens with two attached hydrogens (primary N) is 1. The van der Waals surface area contributed by atoms with E-state index in [2.05, 4.69) is 26.6 Å². The van der Waals surface area contributed by atoms with Gasteiger partial charge in [0.25, 0.3) is 0 Å². The standard InChI is InChI=1S/C15H16N4S/c16-11-14-17-18-15(19(14)13-8-9-13)20-10-4-7-12-5-2-1-3-6-12/h1-3,5-6,13H,8-11,16H2. The van der Waals surface area contributed by atoms with Crippen molar-refractivity contribution >= 4 is 11.8 Å². The van der Waals surface area contributed by atoms with Crippen LogP contribution in [0.15, 0.2) is 35.5 Å². The van der Waals surface area contributed by atoms with E-state index in [4.69, 9.17) is 5.73 Å². The van der Waals surface area contributed by atoms with Gasteiger partial charge in [0.2, 0.25) is 0 Å². The second kappa shape index (κ2) is 6.12. The molecule has 20 heavy (non-hydrogen) atoms. The molecule has 2 N–H and O–H groups in total. The summed E-state index contributed by atoms with van der Waals surface area (Å²) in [6.07, 6.45) is 2.41. The molecule has 0 atom stereocenters. The maximum absolute atomic E-state index is 5.70. The molecule has 1 fully saturated rings. The summed E-state index contributed by atoms with van der Waals surface area (Å²) in [5.41, 5.74) is 6.74. The van der Waals surface area contributed by atoms with Crippen molar-refractivity contribution in [3.8, 4) is 11.8 Å². The fourth-order valence-corrected chi connectivity index (χ4v) is 2.77. The minimum Gasteiger partial charge on any atom is -0.324 e. The number of hydrogen-bond donors (Lipinski definition) is 1. The number of thioether (sulfide) groups is 1. The molecule has 0 radical (unpaired) electrons. The first-order valence-electron chi connectivity index (χ1n) is 6.69. The van der Waals surface area contributed by atoms with Crippen molar-refractivity contribution in [1.29, 1.82) is 0 Å². The fraction of sp³-hybridized carbons (Fsp3) is 0.333. The zero-order valence-corrected chi connectivity index (χ0v) is 11.9. The lowest BCUT2D eigenvalue weighted by Gasteiger charge is -2.05. The molecular formula is C15H16N4S. The first-order chi connectivity index (χ1) is 9.88. The maximum atomic E-state index is 5.70. The Morgan fingerprint density at radius 2 is 2.05 bits per heavy atom. The van der Waals surface area contributed by atoms with Crippen molar-refractivity contribution in [2.75, 3.05) is 5.75 Å². The Morgan fingerprint density at radius 3 is 2.75 bits per heavy atom. The van der Waals surface area contributed by atoms with Crippen molar-refractivity contribution in [3.63, 3.8) is 0 Å². The van der Waals surface area contributed by atoms with E-state index < -0.39 is 0 Å². The predicted molar refractivity (Wildman–Crippen MR) is 80.2 cm³/mol. The Bertz CT molecular complexity index is 635. The maximum Gasteiger partial charge on any atom is 0.192 e. The number of aromatic nitrogens is 3. The fourth-order valence-electron chi connectivity index (χ4n) is 2.00. The van der Waals surface area contributed by atoms with Gasteiger partial charge >= 0.3 is 0 Å². The Morgan fingerprint density at radius 1 is 1.25 bits per heavy atom. The van der Waals surface area contributed by atoms with Crippen LogP contribution in [-0.2, 0) is 6.54 Å². The van der Waals surface area contributed by atoms with Crippen LogP contribution in [0.2, 0.25) is 0 Å². The van der Waals surface area contributed by atoms with Gasteiger partial charge in [0, 0.05) is 11.6 Å². The molecule has 1 heterocycles. The first-order valence-corrected chi connectivity index (χ1v) is 7.67. The van der Waals surface area contributed by atoms with Crippen molar-refractivity contribution < 1.29 is 0 Å². The van der Waals surface area contributed by atoms with Gasteiger partial charge in [-0.05, 0) is 25.0 Å². The highest BCUT2D eigenvalue weighted by atomic mass is 32.2. The van der Waals surface area contributed by atoms with Crippen LogP contribution in [-0.4, -0.2) is 20.5 Å². The minimum atomic E-state index is 0.444. The molecule has 1 aliphatic carbocycles. The molecule has 1 aliphatic rings. The van der Waals surface area contributed by atoms with Crippen molar-refractivity contribution in [2.24, 2.45) is 5.73 Å². The number of rotatable bonds is 4. The van der Waals surface area contributed by atoms with Gasteiger partial charge < -0.3 is 10.3 Å². The van der Waals surface area contributed by atoms with E-state index in [-0.39, 0.29) is 0 Å². The lowest BCUT2D eigenvalue weighted by atomic mass is 10.2. The molecule has 4 nitrogen and oxygen atoms in total. The summed E-state index contributed by atoms with van der Waals surface area (Å²) >= 11 is 1.63. The molecule has 1 saturated carbocycles. The Balaban J connectivity index is 1.65. The molecule has 102 valence electrons. The van der Waals surface area contributed by atoms with E-state index in [0.717, 1.165) is 16.5 Å². The van der Waals surface area contributed by atoms with Gasteiger partial charge in [0.1, 0.15) is 5.82 Å². The molecular weight excluding hydrogens is 268 g/mol. The topological polar surface area (TPSA) is 56.7 Å². The van der Waals surface area contributed by atoms with Gasteiger partial charge in [0.05, 0.1) is 12.3 Å². The largest absolute Gasteiger partial charge is 0.324 e. The Kier molecular flexibility index (Phi) is 4.05. The van der Waals surface area contributed by atoms with Crippen LogP contribution in [0.3, 0.4) is 0 Å². The molecule has 0 aliphatic heterocycles. The number of nitrogens with zero attached hydrogens (tertiary/aromatic N) is 3. The molecule has 2 aromatic rings. The zero-order valence-electron chi connectivity index (χ0n) is 11.1. The summed E-state index contributed by atoms with van der Waals surface area (Å²) in [4.78, 5) is 0. The zero-order chi connectivity index (χ0) is 13.8. The van der Waals surface area contributed by atoms with E-state index in [1.54, 1.807) is 11.8 Å². The minimum absolute atomic E-state index is 0.444. The van der Waals surface area contributed by atoms with Crippen LogP contribution < -0.4 is 5.73 Å². The molecule has 1 aromatic carbocycles. The third kappa shape index (κ3) is 3.03. The van der Waals surface area contributed by atoms with Gasteiger partial charge in [-0.15, -0.1) is 10.2 Å². The van der Waals surface area contributed by atoms with E-state index in [9.17, 15) is 0 Å². The third-order valence-corrected chi connectivity index (χ3v) is 3.93. The van der Waals surface area contributed by atoms with Gasteiger partial charge in [0.15, 0.2) is 5.16 Å². The molecule has 0 spiro atoms. The molecule has 1 aromatic heterocycles. The smallest absolute Gasteiger partial charge is 0.192 e. The van der Waals surface area contributed by atoms with Gasteiger partial charge in [-0.1, -0.05) is 41.8 Å². The molecule has 5 heteroatoms. The van der Waals surface area contributed by atoms with Crippen molar-refractivity contribution in [1.82, 2.24) is 14.8 Å². The van der Waals surface area contributed by atoms with Crippen LogP contribution in [0.4, 0.5) is 0 Å². The predicted octanol–water partition coefficient (Wildman–Crippen LogP) is 2.22. The normalized spacial score (nSPS) is 13.8. The second-order valence-corrected chi connectivity index (χ2v) is 5.60. The number of benzene rings is 1. The quantitative estimate of drug-likeness (QED) is 0.691. The van der Waals surface area contributed by atoms with Crippen LogP contribution >= 0.6 is 11.8 Å². The summed E-state index contributed by atoms with van der Waals surface area (Å²) in [7, 11) is 0. The first kappa shape index (κ1) is 13.2. The monoisotopic (exact) mass is 284 g/mol. The Labute approximate surface area is 122 Å². The summed E-state index contributed by atoms with van der Waals surface area (Å²) in [5.74, 6) is 7.90. The summed E-state index contributed by atoms with van der Waals surface area (Å²) in [6.45, 7) is 0.444. The van der Waals surface area contributed by atoms with Crippen LogP contribution in [0.1, 0.15) is 30.3 Å². The molecule has 0 bridgehead atoms. The summed E-state index contributed by atoms with van der Waals surface area (Å²) in [6, 6.07) is 10.6. The van der Waals surface area contributed by atoms with Crippen LogP contribution in [0.5, 0.6) is 0 Å². The Hall–Kier alpha value is -1.77. The molecule has 0 saturated heterocycles. The molecule has 0 amide bonds. The summed E-state index contributed by atoms with van der Waals surface area (Å²) < 4.78 is 2.18. The highest BCUT2D eigenvalue weighted by molar-refractivity contribution is 7.99. The summed E-state index contributed by atoms with van der Waals surface area (Å²) in [5, 5.41) is 9.31. The SMILES string of the molecule is NCc1nnc(SCC#Cc2ccccc2)n1C1CC1. The van der Waals surface area contributed by atoms with Crippen LogP contribution in [0, 0.1) is 11.8 Å². The van der Waals surface area contributed by atoms with Gasteiger partial charge in [-0.25, -0.2) is 0 Å². The van der Waals surface area contributed by atoms with E-state index in [0.29, 0.717) is 18.3 Å². The average Bonchev–Trinajstić information content (AvgIpc) is 3.25.